The van der Waals surface area contributed by atoms with E-state index >= 15 is 0 Å². The lowest BCUT2D eigenvalue weighted by Gasteiger charge is -2.36. The van der Waals surface area contributed by atoms with Gasteiger partial charge in [0.1, 0.15) is 11.4 Å². The van der Waals surface area contributed by atoms with Crippen molar-refractivity contribution in [2.45, 2.75) is 31.1 Å². The smallest absolute Gasteiger partial charge is 0.410 e. The third kappa shape index (κ3) is 5.12. The number of methoxy groups -OCH3 is 2. The second kappa shape index (κ2) is 9.97. The molecule has 2 N–H and O–H groups in total. The van der Waals surface area contributed by atoms with Gasteiger partial charge >= 0.3 is 6.18 Å². The third-order valence-electron chi connectivity index (χ3n) is 5.47. The van der Waals surface area contributed by atoms with Crippen LogP contribution in [0.4, 0.5) is 29.1 Å². The van der Waals surface area contributed by atoms with Gasteiger partial charge in [-0.25, -0.2) is 9.07 Å². The molecule has 2 heterocycles. The van der Waals surface area contributed by atoms with Gasteiger partial charge in [-0.1, -0.05) is 12.2 Å². The van der Waals surface area contributed by atoms with Crippen molar-refractivity contribution in [2.24, 2.45) is 5.92 Å². The Balaban J connectivity index is 1.93. The highest BCUT2D eigenvalue weighted by Crippen LogP contribution is 2.42. The van der Waals surface area contributed by atoms with Crippen LogP contribution in [0.5, 0.6) is 11.5 Å². The number of nitrogens with zero attached hydrogens (tertiary/aromatic N) is 2. The van der Waals surface area contributed by atoms with Crippen LogP contribution in [0.1, 0.15) is 29.2 Å². The quantitative estimate of drug-likeness (QED) is 0.416. The number of ether oxygens (including phenoxy) is 2. The number of carbonyl (C=O) groups is 1. The molecule has 0 saturated carbocycles. The molecule has 0 spiro atoms. The predicted molar refractivity (Wildman–Crippen MR) is 115 cm³/mol. The number of carbonyl (C=O) groups excluding carboxylic acids is 1. The minimum atomic E-state index is -4.60. The van der Waals surface area contributed by atoms with E-state index in [2.05, 4.69) is 22.3 Å². The molecule has 178 valence electrons. The van der Waals surface area contributed by atoms with Crippen LogP contribution in [0.3, 0.4) is 0 Å². The SMILES string of the molecule is C=C[C@H](C/C=C/F)C1CC(C(F)(F)F)n2ncc(C(=O)Nc3ccc(OC)c(OC)c3)c2N1. The van der Waals surface area contributed by atoms with E-state index in [1.54, 1.807) is 12.1 Å². The highest BCUT2D eigenvalue weighted by molar-refractivity contribution is 6.07. The summed E-state index contributed by atoms with van der Waals surface area (Å²) in [6.45, 7) is 3.66. The van der Waals surface area contributed by atoms with Gasteiger partial charge < -0.3 is 20.1 Å². The zero-order chi connectivity index (χ0) is 24.2. The highest BCUT2D eigenvalue weighted by Gasteiger charge is 2.47. The molecule has 1 amide bonds. The Kier molecular flexibility index (Phi) is 7.29. The van der Waals surface area contributed by atoms with Gasteiger partial charge in [-0.15, -0.1) is 6.58 Å². The standard InChI is InChI=1S/C22H24F4N4O3/c1-4-13(6-5-9-23)16-11-19(22(24,25)26)30-20(29-16)15(12-27-30)21(31)28-14-7-8-17(32-2)18(10-14)33-3/h4-5,7-10,12-13,16,19,29H,1,6,11H2,2-3H3,(H,28,31)/b9-5+/t13-,16?,19?/m1/s1. The van der Waals surface area contributed by atoms with Gasteiger partial charge in [-0.2, -0.15) is 18.3 Å². The Labute approximate surface area is 188 Å². The van der Waals surface area contributed by atoms with Gasteiger partial charge in [0.25, 0.3) is 5.91 Å². The number of anilines is 2. The second-order valence-electron chi connectivity index (χ2n) is 7.42. The number of alkyl halides is 3. The monoisotopic (exact) mass is 468 g/mol. The Morgan fingerprint density at radius 3 is 2.70 bits per heavy atom. The van der Waals surface area contributed by atoms with Gasteiger partial charge in [0.2, 0.25) is 0 Å². The van der Waals surface area contributed by atoms with E-state index < -0.39 is 30.1 Å². The van der Waals surface area contributed by atoms with Crippen molar-refractivity contribution < 1.29 is 31.8 Å². The maximum Gasteiger partial charge on any atom is 0.410 e. The fourth-order valence-electron chi connectivity index (χ4n) is 3.78. The van der Waals surface area contributed by atoms with Crippen LogP contribution >= 0.6 is 0 Å². The molecule has 0 fully saturated rings. The molecular formula is C22H24F4N4O3. The number of rotatable bonds is 8. The molecule has 3 atom stereocenters. The summed E-state index contributed by atoms with van der Waals surface area (Å²) in [5.41, 5.74) is 0.293. The van der Waals surface area contributed by atoms with Gasteiger partial charge in [-0.3, -0.25) is 4.79 Å². The van der Waals surface area contributed by atoms with Gasteiger partial charge in [0.15, 0.2) is 17.5 Å². The lowest BCUT2D eigenvalue weighted by molar-refractivity contribution is -0.174. The van der Waals surface area contributed by atoms with Crippen molar-refractivity contribution in [1.82, 2.24) is 9.78 Å². The summed E-state index contributed by atoms with van der Waals surface area (Å²) in [5, 5.41) is 9.46. The van der Waals surface area contributed by atoms with Gasteiger partial charge in [0.05, 0.1) is 26.7 Å². The normalized spacial score (nSPS) is 18.8. The highest BCUT2D eigenvalue weighted by atomic mass is 19.4. The van der Waals surface area contributed by atoms with Crippen LogP contribution in [-0.4, -0.2) is 42.1 Å². The zero-order valence-corrected chi connectivity index (χ0v) is 18.0. The summed E-state index contributed by atoms with van der Waals surface area (Å²) in [5.74, 6) is -0.391. The molecule has 2 unspecified atom stereocenters. The summed E-state index contributed by atoms with van der Waals surface area (Å²) in [4.78, 5) is 12.9. The number of halogens is 4. The van der Waals surface area contributed by atoms with Gasteiger partial charge in [0, 0.05) is 23.7 Å². The summed E-state index contributed by atoms with van der Waals surface area (Å²) >= 11 is 0. The van der Waals surface area contributed by atoms with E-state index in [9.17, 15) is 22.4 Å². The van der Waals surface area contributed by atoms with Crippen LogP contribution in [0, 0.1) is 5.92 Å². The van der Waals surface area contributed by atoms with Crippen LogP contribution in [0.15, 0.2) is 49.5 Å². The maximum absolute atomic E-state index is 13.8. The maximum atomic E-state index is 13.8. The van der Waals surface area contributed by atoms with Crippen molar-refractivity contribution >= 4 is 17.4 Å². The van der Waals surface area contributed by atoms with Crippen LogP contribution < -0.4 is 20.1 Å². The number of hydrogen-bond donors (Lipinski definition) is 2. The van der Waals surface area contributed by atoms with Crippen molar-refractivity contribution in [3.63, 3.8) is 0 Å². The Morgan fingerprint density at radius 2 is 2.09 bits per heavy atom. The molecule has 0 aliphatic carbocycles. The fourth-order valence-corrected chi connectivity index (χ4v) is 3.78. The molecule has 0 bridgehead atoms. The van der Waals surface area contributed by atoms with E-state index in [4.69, 9.17) is 9.47 Å². The van der Waals surface area contributed by atoms with Crippen LogP contribution in [0.25, 0.3) is 0 Å². The average Bonchev–Trinajstić information content (AvgIpc) is 3.22. The van der Waals surface area contributed by atoms with Crippen molar-refractivity contribution in [1.29, 1.82) is 0 Å². The number of benzene rings is 1. The van der Waals surface area contributed by atoms with E-state index in [1.165, 1.54) is 32.4 Å². The predicted octanol–water partition coefficient (Wildman–Crippen LogP) is 5.12. The van der Waals surface area contributed by atoms with Crippen LogP contribution in [-0.2, 0) is 0 Å². The number of nitrogens with one attached hydrogen (secondary N) is 2. The Bertz CT molecular complexity index is 1040. The fraction of sp³-hybridized carbons (Fsp3) is 0.364. The largest absolute Gasteiger partial charge is 0.493 e. The lowest BCUT2D eigenvalue weighted by Crippen LogP contribution is -2.42. The second-order valence-corrected chi connectivity index (χ2v) is 7.42. The minimum absolute atomic E-state index is 0.0624. The molecule has 1 aliphatic rings. The first-order chi connectivity index (χ1) is 15.7. The third-order valence-corrected chi connectivity index (χ3v) is 5.47. The molecule has 1 aliphatic heterocycles. The van der Waals surface area contributed by atoms with Crippen molar-refractivity contribution in [2.75, 3.05) is 24.9 Å². The lowest BCUT2D eigenvalue weighted by atomic mass is 9.89. The topological polar surface area (TPSA) is 77.4 Å². The van der Waals surface area contributed by atoms with E-state index in [-0.39, 0.29) is 24.2 Å². The number of amides is 1. The molecule has 3 rings (SSSR count). The van der Waals surface area contributed by atoms with E-state index in [1.807, 2.05) is 0 Å². The van der Waals surface area contributed by atoms with Crippen molar-refractivity contribution in [3.8, 4) is 11.5 Å². The summed E-state index contributed by atoms with van der Waals surface area (Å²) in [6, 6.07) is 2.00. The molecule has 1 aromatic heterocycles. The Morgan fingerprint density at radius 1 is 1.36 bits per heavy atom. The molecular weight excluding hydrogens is 444 g/mol. The van der Waals surface area contributed by atoms with Crippen molar-refractivity contribution in [3.05, 3.63) is 55.0 Å². The first-order valence-corrected chi connectivity index (χ1v) is 10.0. The number of hydrogen-bond acceptors (Lipinski definition) is 5. The molecule has 2 aromatic rings. The number of aromatic nitrogens is 2. The number of fused-ring (bicyclic) bond motifs is 1. The molecule has 0 radical (unpaired) electrons. The van der Waals surface area contributed by atoms with Crippen LogP contribution in [0.2, 0.25) is 0 Å². The zero-order valence-electron chi connectivity index (χ0n) is 18.0. The average molecular weight is 468 g/mol. The number of allylic oxidation sites excluding steroid dienone is 1. The summed E-state index contributed by atoms with van der Waals surface area (Å²) in [6.07, 6.45) is -0.667. The Hall–Kier alpha value is -3.50. The molecule has 0 saturated heterocycles. The molecule has 33 heavy (non-hydrogen) atoms. The first kappa shape index (κ1) is 24.1. The molecule has 1 aromatic carbocycles. The molecule has 7 nitrogen and oxygen atoms in total. The summed E-state index contributed by atoms with van der Waals surface area (Å²) < 4.78 is 65.1. The first-order valence-electron chi connectivity index (χ1n) is 10.0. The van der Waals surface area contributed by atoms with Gasteiger partial charge in [-0.05, 0) is 25.0 Å². The summed E-state index contributed by atoms with van der Waals surface area (Å²) in [7, 11) is 2.90. The molecule has 11 heteroatoms. The van der Waals surface area contributed by atoms with E-state index in [0.717, 1.165) is 10.9 Å². The minimum Gasteiger partial charge on any atom is -0.493 e. The van der Waals surface area contributed by atoms with E-state index in [0.29, 0.717) is 23.5 Å².